The normalized spacial score (nSPS) is 6.00. The standard InChI is InChI=1S/C2H5BrO.Na.H/c3-1-2-4;;/h4H,1-2H2;;/q;+1;-1. The molecule has 3 heteroatoms. The van der Waals surface area contributed by atoms with Crippen molar-refractivity contribution in [2.45, 2.75) is 0 Å². The van der Waals surface area contributed by atoms with Crippen molar-refractivity contribution in [1.82, 2.24) is 0 Å². The largest absolute Gasteiger partial charge is 1.00 e. The topological polar surface area (TPSA) is 20.2 Å². The van der Waals surface area contributed by atoms with E-state index in [1.807, 2.05) is 0 Å². The van der Waals surface area contributed by atoms with Crippen LogP contribution >= 0.6 is 15.9 Å². The third-order valence-electron chi connectivity index (χ3n) is 0.0845. The minimum atomic E-state index is 0. The molecule has 0 fully saturated rings. The third kappa shape index (κ3) is 10.8. The zero-order chi connectivity index (χ0) is 3.41. The first-order valence-corrected chi connectivity index (χ1v) is 2.20. The Bertz CT molecular complexity index is 15.5. The van der Waals surface area contributed by atoms with Crippen molar-refractivity contribution in [3.8, 4) is 0 Å². The molecule has 0 bridgehead atoms. The summed E-state index contributed by atoms with van der Waals surface area (Å²) < 4.78 is 0. The van der Waals surface area contributed by atoms with Crippen molar-refractivity contribution in [2.75, 3.05) is 11.9 Å². The van der Waals surface area contributed by atoms with Crippen LogP contribution in [-0.2, 0) is 0 Å². The SMILES string of the molecule is OCCBr.[H-].[Na+]. The van der Waals surface area contributed by atoms with Crippen LogP contribution in [0.5, 0.6) is 0 Å². The first kappa shape index (κ1) is 9.67. The number of alkyl halides is 1. The van der Waals surface area contributed by atoms with Crippen LogP contribution in [0.2, 0.25) is 0 Å². The van der Waals surface area contributed by atoms with Crippen molar-refractivity contribution in [2.24, 2.45) is 0 Å². The predicted molar refractivity (Wildman–Crippen MR) is 22.0 cm³/mol. The van der Waals surface area contributed by atoms with E-state index in [-0.39, 0.29) is 37.6 Å². The maximum atomic E-state index is 7.83. The molecule has 0 heterocycles. The van der Waals surface area contributed by atoms with Gasteiger partial charge in [-0.25, -0.2) is 0 Å². The Morgan fingerprint density at radius 1 is 1.80 bits per heavy atom. The molecule has 0 atom stereocenters. The summed E-state index contributed by atoms with van der Waals surface area (Å²) in [6.07, 6.45) is 0. The summed E-state index contributed by atoms with van der Waals surface area (Å²) >= 11 is 3.00. The third-order valence-corrected chi connectivity index (χ3v) is 0.439. The Kier molecular flexibility index (Phi) is 17.5. The first-order valence-electron chi connectivity index (χ1n) is 1.08. The van der Waals surface area contributed by atoms with Gasteiger partial charge in [-0.3, -0.25) is 0 Å². The van der Waals surface area contributed by atoms with E-state index in [0.29, 0.717) is 5.33 Å². The van der Waals surface area contributed by atoms with Gasteiger partial charge in [0.2, 0.25) is 0 Å². The number of aliphatic hydroxyl groups excluding tert-OH is 1. The number of hydrogen-bond acceptors (Lipinski definition) is 1. The van der Waals surface area contributed by atoms with Gasteiger partial charge >= 0.3 is 29.6 Å². The van der Waals surface area contributed by atoms with Gasteiger partial charge in [0.25, 0.3) is 0 Å². The number of aliphatic hydroxyl groups is 1. The monoisotopic (exact) mass is 148 g/mol. The van der Waals surface area contributed by atoms with E-state index in [1.54, 1.807) is 0 Å². The molecule has 0 aromatic carbocycles. The van der Waals surface area contributed by atoms with Crippen molar-refractivity contribution >= 4 is 15.9 Å². The second-order valence-corrected chi connectivity index (χ2v) is 1.21. The fourth-order valence-corrected chi connectivity index (χ4v) is 0. The summed E-state index contributed by atoms with van der Waals surface area (Å²) in [6.45, 7) is 0.236. The Morgan fingerprint density at radius 2 is 2.00 bits per heavy atom. The molecule has 1 N–H and O–H groups in total. The second-order valence-electron chi connectivity index (χ2n) is 0.413. The van der Waals surface area contributed by atoms with Gasteiger partial charge in [-0.1, -0.05) is 15.9 Å². The molecule has 0 amide bonds. The summed E-state index contributed by atoms with van der Waals surface area (Å²) in [7, 11) is 0. The second kappa shape index (κ2) is 9.06. The molecular weight excluding hydrogens is 143 g/mol. The molecule has 0 aliphatic rings. The van der Waals surface area contributed by atoms with Crippen LogP contribution in [0.4, 0.5) is 0 Å². The average Bonchev–Trinajstić information content (AvgIpc) is 1.37. The first-order chi connectivity index (χ1) is 1.91. The number of hydrogen-bond donors (Lipinski definition) is 1. The van der Waals surface area contributed by atoms with Gasteiger partial charge in [0.1, 0.15) is 0 Å². The van der Waals surface area contributed by atoms with E-state index in [2.05, 4.69) is 15.9 Å². The van der Waals surface area contributed by atoms with Gasteiger partial charge in [-0.05, 0) is 0 Å². The van der Waals surface area contributed by atoms with E-state index in [1.165, 1.54) is 0 Å². The maximum absolute atomic E-state index is 7.83. The van der Waals surface area contributed by atoms with E-state index >= 15 is 0 Å². The Hall–Kier alpha value is 1.44. The molecule has 0 spiro atoms. The fraction of sp³-hybridized carbons (Fsp3) is 1.00. The molecule has 1 nitrogen and oxygen atoms in total. The van der Waals surface area contributed by atoms with Crippen molar-refractivity contribution in [3.63, 3.8) is 0 Å². The zero-order valence-corrected chi connectivity index (χ0v) is 6.83. The van der Waals surface area contributed by atoms with Crippen LogP contribution in [0.25, 0.3) is 0 Å². The minimum Gasteiger partial charge on any atom is -1.00 e. The van der Waals surface area contributed by atoms with Gasteiger partial charge in [-0.15, -0.1) is 0 Å². The predicted octanol–water partition coefficient (Wildman–Crippen LogP) is -2.51. The van der Waals surface area contributed by atoms with Gasteiger partial charge in [0.15, 0.2) is 0 Å². The van der Waals surface area contributed by atoms with Crippen LogP contribution in [-0.4, -0.2) is 17.0 Å². The van der Waals surface area contributed by atoms with E-state index in [4.69, 9.17) is 5.11 Å². The van der Waals surface area contributed by atoms with E-state index in [0.717, 1.165) is 0 Å². The minimum absolute atomic E-state index is 0. The molecule has 0 aromatic heterocycles. The Labute approximate surface area is 63.7 Å². The van der Waals surface area contributed by atoms with Crippen LogP contribution in [0.3, 0.4) is 0 Å². The number of rotatable bonds is 1. The van der Waals surface area contributed by atoms with Crippen molar-refractivity contribution in [3.05, 3.63) is 0 Å². The van der Waals surface area contributed by atoms with E-state index in [9.17, 15) is 0 Å². The molecule has 0 saturated heterocycles. The van der Waals surface area contributed by atoms with Crippen LogP contribution < -0.4 is 29.6 Å². The molecular formula is C2H6BrNaO. The molecule has 0 saturated carbocycles. The molecule has 28 valence electrons. The Balaban J connectivity index is -0.0000000450. The summed E-state index contributed by atoms with van der Waals surface area (Å²) in [5, 5.41) is 8.52. The summed E-state index contributed by atoms with van der Waals surface area (Å²) in [5.74, 6) is 0. The summed E-state index contributed by atoms with van der Waals surface area (Å²) in [4.78, 5) is 0. The maximum Gasteiger partial charge on any atom is 1.00 e. The fourth-order valence-electron chi connectivity index (χ4n) is 0. The van der Waals surface area contributed by atoms with Crippen molar-refractivity contribution < 1.29 is 36.1 Å². The zero-order valence-electron chi connectivity index (χ0n) is 4.24. The van der Waals surface area contributed by atoms with Crippen LogP contribution in [0, 0.1) is 0 Å². The molecule has 5 heavy (non-hydrogen) atoms. The van der Waals surface area contributed by atoms with Gasteiger partial charge in [-0.2, -0.15) is 0 Å². The molecule has 0 rings (SSSR count). The van der Waals surface area contributed by atoms with Gasteiger partial charge < -0.3 is 6.53 Å². The van der Waals surface area contributed by atoms with E-state index < -0.39 is 0 Å². The molecule has 0 unspecified atom stereocenters. The number of halogens is 1. The Morgan fingerprint density at radius 3 is 2.00 bits per heavy atom. The van der Waals surface area contributed by atoms with Crippen LogP contribution in [0.1, 0.15) is 1.43 Å². The van der Waals surface area contributed by atoms with Gasteiger partial charge in [0, 0.05) is 5.33 Å². The smallest absolute Gasteiger partial charge is 1.00 e. The summed E-state index contributed by atoms with van der Waals surface area (Å²) in [6, 6.07) is 0. The van der Waals surface area contributed by atoms with Crippen LogP contribution in [0.15, 0.2) is 0 Å². The molecule has 0 aliphatic carbocycles. The molecule has 0 aliphatic heterocycles. The average molecular weight is 149 g/mol. The molecule has 0 radical (unpaired) electrons. The molecule has 0 aromatic rings. The quantitative estimate of drug-likeness (QED) is 0.322. The summed E-state index contributed by atoms with van der Waals surface area (Å²) in [5.41, 5.74) is 0. The van der Waals surface area contributed by atoms with Gasteiger partial charge in [0.05, 0.1) is 6.61 Å². The van der Waals surface area contributed by atoms with Crippen molar-refractivity contribution in [1.29, 1.82) is 0 Å².